The van der Waals surface area contributed by atoms with Crippen molar-refractivity contribution in [2.45, 2.75) is 0 Å². The Morgan fingerprint density at radius 3 is 0.916 bits per heavy atom. The molecule has 0 bridgehead atoms. The van der Waals surface area contributed by atoms with Gasteiger partial charge in [-0.3, -0.25) is 23.2 Å². The fourth-order valence-electron chi connectivity index (χ4n) is 21.1. The Hall–Kier alpha value is -17.8. The molecule has 131 heavy (non-hydrogen) atoms. The number of hydrogen-bond acceptors (Lipinski definition) is 6. The summed E-state index contributed by atoms with van der Waals surface area (Å²) in [6, 6.07) is 153. The van der Waals surface area contributed by atoms with Crippen LogP contribution in [0.5, 0.6) is 0 Å². The van der Waals surface area contributed by atoms with Crippen LogP contribution in [-0.2, 0) is 0 Å². The second-order valence-electron chi connectivity index (χ2n) is 33.9. The van der Waals surface area contributed by atoms with Crippen molar-refractivity contribution in [1.29, 1.82) is 0 Å². The van der Waals surface area contributed by atoms with Gasteiger partial charge in [0.1, 0.15) is 16.9 Å². The maximum absolute atomic E-state index is 5.36. The van der Waals surface area contributed by atoms with Crippen LogP contribution in [0.1, 0.15) is 0 Å². The zero-order chi connectivity index (χ0) is 85.9. The van der Waals surface area contributed by atoms with Crippen LogP contribution in [0.15, 0.2) is 443 Å². The second-order valence-corrected chi connectivity index (χ2v) is 33.9. The molecule has 608 valence electrons. The van der Waals surface area contributed by atoms with Crippen molar-refractivity contribution in [3.63, 3.8) is 0 Å². The van der Waals surface area contributed by atoms with E-state index in [0.29, 0.717) is 0 Å². The van der Waals surface area contributed by atoms with Crippen molar-refractivity contribution < 1.29 is 0 Å². The normalized spacial score (nSPS) is 12.0. The van der Waals surface area contributed by atoms with Gasteiger partial charge in [0.05, 0.1) is 94.0 Å². The lowest BCUT2D eigenvalue weighted by molar-refractivity contribution is 1.18. The lowest BCUT2D eigenvalue weighted by Gasteiger charge is -2.15. The number of imidazole rings is 3. The number of pyridine rings is 6. The van der Waals surface area contributed by atoms with Crippen LogP contribution in [0, 0.1) is 0 Å². The molecule has 29 aromatic rings. The molecule has 11 aromatic heterocycles. The number of nitrogens with zero attached hydrogens (tertiary/aromatic N) is 11. The lowest BCUT2D eigenvalue weighted by atomic mass is 9.92. The highest BCUT2D eigenvalue weighted by Crippen LogP contribution is 2.47. The predicted molar refractivity (Wildman–Crippen MR) is 545 cm³/mol. The van der Waals surface area contributed by atoms with E-state index in [4.69, 9.17) is 29.9 Å². The molecule has 29 rings (SSSR count). The molecule has 0 aliphatic rings. The number of hydrogen-bond donors (Lipinski definition) is 0. The molecule has 18 aromatic carbocycles. The van der Waals surface area contributed by atoms with Crippen molar-refractivity contribution in [3.05, 3.63) is 443 Å². The standard InChI is InChI=1S/2C40H24N4.C40H25N3/c1-2-16-30-27(13-1)31(24-32-38(30)40-42-33-17-5-8-20-36(33)44(40)37-21-10-22-41-39(32)37)25-11-9-12-26(23-25)43-34-18-6-3-14-28(34)29-15-4-7-19-35(29)43;1-2-13-30-27(10-1)31(24-32-38(30)40-42-33-14-5-8-17-36(33)44(40)37-18-9-23-41-39(32)37)25-19-21-26(22-20-25)43-34-15-6-3-11-28(34)29-12-4-7-16-35(29)43;1-3-11-26(12-4-1)27-19-21-28(22-20-27)32-25-33-38(31-16-8-7-15-30(31)32)40-42-35-17-9-10-18-36(35)43(40)37-24-23-34(41-39(33)37)29-13-5-2-6-14-29/h2*1-24H;1-25H. The maximum atomic E-state index is 5.36. The van der Waals surface area contributed by atoms with Crippen LogP contribution < -0.4 is 0 Å². The highest BCUT2D eigenvalue weighted by molar-refractivity contribution is 6.29. The van der Waals surface area contributed by atoms with Crippen LogP contribution in [0.3, 0.4) is 0 Å². The van der Waals surface area contributed by atoms with Gasteiger partial charge < -0.3 is 9.13 Å². The summed E-state index contributed by atoms with van der Waals surface area (Å²) in [5, 5.41) is 18.9. The molecule has 0 fully saturated rings. The Balaban J connectivity index is 0.000000101. The minimum atomic E-state index is 0.958. The van der Waals surface area contributed by atoms with E-state index in [-0.39, 0.29) is 0 Å². The van der Waals surface area contributed by atoms with Crippen LogP contribution in [0.25, 0.3) is 259 Å². The molecular formula is C120H73N11. The second kappa shape index (κ2) is 29.4. The van der Waals surface area contributed by atoms with Gasteiger partial charge in [-0.25, -0.2) is 19.9 Å². The van der Waals surface area contributed by atoms with E-state index in [1.165, 1.54) is 120 Å². The molecule has 11 heterocycles. The molecule has 11 heteroatoms. The van der Waals surface area contributed by atoms with E-state index in [0.717, 1.165) is 138 Å². The van der Waals surface area contributed by atoms with Gasteiger partial charge in [-0.15, -0.1) is 0 Å². The summed E-state index contributed by atoms with van der Waals surface area (Å²) < 4.78 is 11.6. The summed E-state index contributed by atoms with van der Waals surface area (Å²) in [5.74, 6) is 0. The molecule has 0 radical (unpaired) electrons. The molecule has 0 atom stereocenters. The molecule has 0 spiro atoms. The Bertz CT molecular complexity index is 9700. The van der Waals surface area contributed by atoms with Crippen LogP contribution >= 0.6 is 0 Å². The molecule has 0 unspecified atom stereocenters. The third-order valence-corrected chi connectivity index (χ3v) is 26.8. The molecule has 0 aliphatic heterocycles. The van der Waals surface area contributed by atoms with E-state index >= 15 is 0 Å². The van der Waals surface area contributed by atoms with Gasteiger partial charge in [-0.1, -0.05) is 291 Å². The van der Waals surface area contributed by atoms with Gasteiger partial charge in [0, 0.05) is 83.2 Å². The third kappa shape index (κ3) is 11.4. The molecule has 11 nitrogen and oxygen atoms in total. The third-order valence-electron chi connectivity index (χ3n) is 26.8. The maximum Gasteiger partial charge on any atom is 0.147 e. The van der Waals surface area contributed by atoms with Gasteiger partial charge in [-0.05, 0) is 216 Å². The first-order valence-corrected chi connectivity index (χ1v) is 44.5. The van der Waals surface area contributed by atoms with Gasteiger partial charge in [0.2, 0.25) is 0 Å². The van der Waals surface area contributed by atoms with Crippen molar-refractivity contribution in [2.75, 3.05) is 0 Å². The molecule has 0 saturated carbocycles. The van der Waals surface area contributed by atoms with E-state index in [2.05, 4.69) is 435 Å². The van der Waals surface area contributed by atoms with Crippen molar-refractivity contribution >= 4 is 191 Å². The highest BCUT2D eigenvalue weighted by atomic mass is 15.1. The summed E-state index contributed by atoms with van der Waals surface area (Å²) in [7, 11) is 0. The largest absolute Gasteiger partial charge is 0.309 e. The number of aromatic nitrogens is 11. The fourth-order valence-corrected chi connectivity index (χ4v) is 21.1. The number of benzene rings is 18. The molecular weight excluding hydrogens is 1600 g/mol. The van der Waals surface area contributed by atoms with Crippen LogP contribution in [0.4, 0.5) is 0 Å². The SMILES string of the molecule is c1cc(-c2cc3c4ncccc4n4c5ccccc5nc4c3c3ccccc23)cc(-n2c3ccccc3c3ccccc32)c1.c1ccc(-c2ccc(-c3cc4c5nc(-c6ccccc6)ccc5n5c6ccccc6nc5c4c4ccccc34)cc2)cc1.c1ccc2c(c1)nc1c3c4ccccc4c(-c4ccc(-n5c6ccccc6c6ccccc65)cc4)cc3c3ncccc3n21. The lowest BCUT2D eigenvalue weighted by Crippen LogP contribution is -1.96. The highest BCUT2D eigenvalue weighted by Gasteiger charge is 2.26. The summed E-state index contributed by atoms with van der Waals surface area (Å²) >= 11 is 0. The van der Waals surface area contributed by atoms with E-state index in [9.17, 15) is 0 Å². The average Bonchev–Trinajstić information content (AvgIpc) is 1.63. The molecule has 0 saturated heterocycles. The molecule has 0 aliphatic carbocycles. The smallest absolute Gasteiger partial charge is 0.147 e. The quantitative estimate of drug-likeness (QED) is 0.147. The van der Waals surface area contributed by atoms with Gasteiger partial charge >= 0.3 is 0 Å². The number of fused-ring (bicyclic) bond motifs is 36. The average molecular weight is 1670 g/mol. The first-order chi connectivity index (χ1) is 65.0. The fraction of sp³-hybridized carbons (Fsp3) is 0. The van der Waals surface area contributed by atoms with Crippen LogP contribution in [0.2, 0.25) is 0 Å². The Kier molecular flexibility index (Phi) is 16.5. The summed E-state index contributed by atoms with van der Waals surface area (Å²) in [4.78, 5) is 30.8. The molecule has 0 N–H and O–H groups in total. The minimum Gasteiger partial charge on any atom is -0.309 e. The van der Waals surface area contributed by atoms with Gasteiger partial charge in [0.25, 0.3) is 0 Å². The summed E-state index contributed by atoms with van der Waals surface area (Å²) in [5.41, 5.74) is 33.9. The monoisotopic (exact) mass is 1670 g/mol. The van der Waals surface area contributed by atoms with E-state index in [1.54, 1.807) is 0 Å². The zero-order valence-electron chi connectivity index (χ0n) is 70.6. The summed E-state index contributed by atoms with van der Waals surface area (Å²) in [6.07, 6.45) is 3.78. The molecule has 0 amide bonds. The van der Waals surface area contributed by atoms with Crippen molar-refractivity contribution in [2.24, 2.45) is 0 Å². The van der Waals surface area contributed by atoms with Crippen molar-refractivity contribution in [3.8, 4) is 67.1 Å². The zero-order valence-corrected chi connectivity index (χ0v) is 70.6. The Morgan fingerprint density at radius 2 is 0.481 bits per heavy atom. The first kappa shape index (κ1) is 73.5. The number of para-hydroxylation sites is 10. The van der Waals surface area contributed by atoms with E-state index < -0.39 is 0 Å². The minimum absolute atomic E-state index is 0.958. The van der Waals surface area contributed by atoms with E-state index in [1.807, 2.05) is 30.6 Å². The van der Waals surface area contributed by atoms with Crippen LogP contribution in [-0.4, -0.2) is 52.2 Å². The summed E-state index contributed by atoms with van der Waals surface area (Å²) in [6.45, 7) is 0. The first-order valence-electron chi connectivity index (χ1n) is 44.5. The van der Waals surface area contributed by atoms with Gasteiger partial charge in [0.15, 0.2) is 0 Å². The Morgan fingerprint density at radius 1 is 0.168 bits per heavy atom. The predicted octanol–water partition coefficient (Wildman–Crippen LogP) is 30.6. The topological polar surface area (TPSA) is 100 Å². The van der Waals surface area contributed by atoms with Crippen molar-refractivity contribution in [1.82, 2.24) is 52.2 Å². The van der Waals surface area contributed by atoms with Gasteiger partial charge in [-0.2, -0.15) is 0 Å². The number of rotatable bonds is 7. The Labute approximate surface area is 748 Å².